The molecule has 5 heteroatoms. The van der Waals surface area contributed by atoms with Crippen molar-refractivity contribution in [3.8, 4) is 0 Å². The van der Waals surface area contributed by atoms with Crippen LogP contribution in [0.15, 0.2) is 30.3 Å². The highest BCUT2D eigenvalue weighted by atomic mass is 28.4. The lowest BCUT2D eigenvalue weighted by Gasteiger charge is -2.31. The number of carbonyl (C=O) groups is 1. The molecule has 0 fully saturated rings. The van der Waals surface area contributed by atoms with Crippen molar-refractivity contribution in [1.82, 2.24) is 0 Å². The third kappa shape index (κ3) is 14.1. The molecule has 0 N–H and O–H groups in total. The summed E-state index contributed by atoms with van der Waals surface area (Å²) < 4.78 is 11.7. The van der Waals surface area contributed by atoms with Gasteiger partial charge in [-0.15, -0.1) is 0 Å². The highest BCUT2D eigenvalue weighted by Gasteiger charge is 2.28. The van der Waals surface area contributed by atoms with Crippen molar-refractivity contribution in [2.75, 3.05) is 0 Å². The monoisotopic (exact) mass is 422 g/mol. The zero-order chi connectivity index (χ0) is 20.9. The van der Waals surface area contributed by atoms with E-state index >= 15 is 0 Å². The van der Waals surface area contributed by atoms with Crippen LogP contribution in [-0.2, 0) is 20.3 Å². The second kappa shape index (κ2) is 13.3. The van der Waals surface area contributed by atoms with E-state index < -0.39 is 16.6 Å². The summed E-state index contributed by atoms with van der Waals surface area (Å²) in [7, 11) is -2.84. The molecule has 3 nitrogen and oxygen atoms in total. The molecule has 0 unspecified atom stereocenters. The minimum absolute atomic E-state index is 0.0730. The predicted molar refractivity (Wildman–Crippen MR) is 125 cm³/mol. The Kier molecular flexibility index (Phi) is 12.0. The van der Waals surface area contributed by atoms with Crippen molar-refractivity contribution in [3.63, 3.8) is 0 Å². The fourth-order valence-corrected chi connectivity index (χ4v) is 11.7. The molecule has 28 heavy (non-hydrogen) atoms. The average molecular weight is 423 g/mol. The van der Waals surface area contributed by atoms with Crippen molar-refractivity contribution >= 4 is 22.6 Å². The highest BCUT2D eigenvalue weighted by Crippen LogP contribution is 2.21. The van der Waals surface area contributed by atoms with Gasteiger partial charge in [-0.1, -0.05) is 75.3 Å². The Balaban J connectivity index is 1.92. The van der Waals surface area contributed by atoms with E-state index in [0.29, 0.717) is 13.0 Å². The smallest absolute Gasteiger partial charge is 0.306 e. The number of ether oxygens (including phenoxy) is 1. The van der Waals surface area contributed by atoms with Gasteiger partial charge in [0.15, 0.2) is 16.6 Å². The summed E-state index contributed by atoms with van der Waals surface area (Å²) in [5.74, 6) is -0.0730. The molecule has 0 amide bonds. The molecule has 1 aromatic rings. The summed E-state index contributed by atoms with van der Waals surface area (Å²) in [4.78, 5) is 11.8. The summed E-state index contributed by atoms with van der Waals surface area (Å²) in [5, 5.41) is 0. The van der Waals surface area contributed by atoms with E-state index in [1.54, 1.807) is 0 Å². The lowest BCUT2D eigenvalue weighted by Crippen LogP contribution is -2.42. The number of unbranched alkanes of at least 4 members (excludes halogenated alkanes) is 7. The third-order valence-electron chi connectivity index (χ3n) is 4.73. The number of carbonyl (C=O) groups excluding carboxylic acids is 1. The van der Waals surface area contributed by atoms with Gasteiger partial charge in [0.05, 0.1) is 0 Å². The van der Waals surface area contributed by atoms with E-state index in [9.17, 15) is 4.79 Å². The summed E-state index contributed by atoms with van der Waals surface area (Å²) in [6, 6.07) is 11.2. The van der Waals surface area contributed by atoms with Crippen LogP contribution in [0.1, 0.15) is 63.4 Å². The fourth-order valence-electron chi connectivity index (χ4n) is 3.57. The molecule has 0 atom stereocenters. The normalized spacial score (nSPS) is 12.2. The standard InChI is InChI=1S/C23H42O3Si2/c1-27(2,3)26-28(4,5)20-16-11-9-7-6-8-10-15-19-23(24)25-21-22-17-13-12-14-18-22/h12-14,17-18H,6-11,15-16,19-21H2,1-5H3. The largest absolute Gasteiger partial charge is 0.461 e. The molecular weight excluding hydrogens is 380 g/mol. The molecule has 0 aromatic heterocycles. The van der Waals surface area contributed by atoms with Crippen molar-refractivity contribution < 1.29 is 13.6 Å². The Morgan fingerprint density at radius 3 is 1.89 bits per heavy atom. The molecule has 1 rings (SSSR count). The Bertz CT molecular complexity index is 539. The minimum atomic E-state index is -1.45. The molecule has 0 heterocycles. The van der Waals surface area contributed by atoms with E-state index in [0.717, 1.165) is 18.4 Å². The first-order valence-corrected chi connectivity index (χ1v) is 17.6. The maximum absolute atomic E-state index is 11.8. The first kappa shape index (κ1) is 25.1. The SMILES string of the molecule is C[Si](C)(C)O[Si](C)(C)CCCCCCCCCCC(=O)OCc1ccccc1. The number of benzene rings is 1. The average Bonchev–Trinajstić information content (AvgIpc) is 2.60. The second-order valence-electron chi connectivity index (χ2n) is 9.45. The first-order valence-electron chi connectivity index (χ1n) is 11.1. The Labute approximate surface area is 175 Å². The summed E-state index contributed by atoms with van der Waals surface area (Å²) >= 11 is 0. The van der Waals surface area contributed by atoms with Gasteiger partial charge in [-0.3, -0.25) is 4.79 Å². The molecule has 0 saturated heterocycles. The molecule has 0 aliphatic rings. The van der Waals surface area contributed by atoms with Gasteiger partial charge in [0.1, 0.15) is 6.61 Å². The van der Waals surface area contributed by atoms with Gasteiger partial charge in [0, 0.05) is 6.42 Å². The molecule has 0 bridgehead atoms. The molecule has 0 spiro atoms. The maximum Gasteiger partial charge on any atom is 0.306 e. The van der Waals surface area contributed by atoms with Crippen LogP contribution in [0.2, 0.25) is 38.8 Å². The van der Waals surface area contributed by atoms with Gasteiger partial charge in [0.2, 0.25) is 0 Å². The van der Waals surface area contributed by atoms with Gasteiger partial charge in [-0.05, 0) is 50.8 Å². The molecule has 0 radical (unpaired) electrons. The molecule has 0 saturated carbocycles. The number of rotatable bonds is 15. The molecule has 0 aliphatic heterocycles. The lowest BCUT2D eigenvalue weighted by molar-refractivity contribution is -0.145. The van der Waals surface area contributed by atoms with Crippen LogP contribution in [0.25, 0.3) is 0 Å². The summed E-state index contributed by atoms with van der Waals surface area (Å²) in [6.07, 6.45) is 10.4. The summed E-state index contributed by atoms with van der Waals surface area (Å²) in [6.45, 7) is 12.0. The zero-order valence-electron chi connectivity index (χ0n) is 18.9. The number of hydrogen-bond acceptors (Lipinski definition) is 3. The van der Waals surface area contributed by atoms with Crippen LogP contribution in [0, 0.1) is 0 Å². The van der Waals surface area contributed by atoms with Gasteiger partial charge >= 0.3 is 5.97 Å². The number of esters is 1. The highest BCUT2D eigenvalue weighted by molar-refractivity contribution is 6.84. The van der Waals surface area contributed by atoms with Crippen LogP contribution >= 0.6 is 0 Å². The zero-order valence-corrected chi connectivity index (χ0v) is 20.9. The van der Waals surface area contributed by atoms with E-state index in [2.05, 4.69) is 32.7 Å². The topological polar surface area (TPSA) is 35.5 Å². The van der Waals surface area contributed by atoms with Crippen molar-refractivity contribution in [3.05, 3.63) is 35.9 Å². The summed E-state index contributed by atoms with van der Waals surface area (Å²) in [5.41, 5.74) is 1.05. The van der Waals surface area contributed by atoms with Crippen LogP contribution in [-0.4, -0.2) is 22.6 Å². The van der Waals surface area contributed by atoms with Crippen molar-refractivity contribution in [1.29, 1.82) is 0 Å². The Hall–Kier alpha value is -0.916. The first-order chi connectivity index (χ1) is 13.2. The second-order valence-corrected chi connectivity index (χ2v) is 18.5. The van der Waals surface area contributed by atoms with E-state index in [1.807, 2.05) is 30.3 Å². The van der Waals surface area contributed by atoms with Gasteiger partial charge in [-0.25, -0.2) is 0 Å². The van der Waals surface area contributed by atoms with Crippen LogP contribution < -0.4 is 0 Å². The van der Waals surface area contributed by atoms with E-state index in [-0.39, 0.29) is 5.97 Å². The number of hydrogen-bond donors (Lipinski definition) is 0. The van der Waals surface area contributed by atoms with Crippen LogP contribution in [0.3, 0.4) is 0 Å². The van der Waals surface area contributed by atoms with Gasteiger partial charge in [-0.2, -0.15) is 0 Å². The molecule has 1 aromatic carbocycles. The molecular formula is C23H42O3Si2. The maximum atomic E-state index is 11.8. The fraction of sp³-hybridized carbons (Fsp3) is 0.696. The Morgan fingerprint density at radius 1 is 0.786 bits per heavy atom. The van der Waals surface area contributed by atoms with Crippen LogP contribution in [0.5, 0.6) is 0 Å². The molecule has 0 aliphatic carbocycles. The van der Waals surface area contributed by atoms with Crippen molar-refractivity contribution in [2.24, 2.45) is 0 Å². The van der Waals surface area contributed by atoms with Crippen LogP contribution in [0.4, 0.5) is 0 Å². The van der Waals surface area contributed by atoms with E-state index in [4.69, 9.17) is 8.85 Å². The predicted octanol–water partition coefficient (Wildman–Crippen LogP) is 7.30. The van der Waals surface area contributed by atoms with Gasteiger partial charge in [0.25, 0.3) is 0 Å². The van der Waals surface area contributed by atoms with Crippen molar-refractivity contribution in [2.45, 2.75) is 103 Å². The Morgan fingerprint density at radius 2 is 1.32 bits per heavy atom. The minimum Gasteiger partial charge on any atom is -0.461 e. The lowest BCUT2D eigenvalue weighted by atomic mass is 10.1. The quantitative estimate of drug-likeness (QED) is 0.169. The van der Waals surface area contributed by atoms with E-state index in [1.165, 1.54) is 44.6 Å². The molecule has 160 valence electrons. The van der Waals surface area contributed by atoms with Gasteiger partial charge < -0.3 is 8.85 Å². The third-order valence-corrected chi connectivity index (χ3v) is 11.0.